The third kappa shape index (κ3) is 2.63. The Kier molecular flexibility index (Phi) is 4.41. The van der Waals surface area contributed by atoms with E-state index in [4.69, 9.17) is 10.5 Å². The van der Waals surface area contributed by atoms with Gasteiger partial charge in [-0.3, -0.25) is 14.5 Å². The van der Waals surface area contributed by atoms with E-state index >= 15 is 0 Å². The van der Waals surface area contributed by atoms with Gasteiger partial charge in [0.15, 0.2) is 17.2 Å². The first-order chi connectivity index (χ1) is 12.1. The lowest BCUT2D eigenvalue weighted by Crippen LogP contribution is -2.50. The van der Waals surface area contributed by atoms with E-state index < -0.39 is 65.8 Å². The summed E-state index contributed by atoms with van der Waals surface area (Å²) in [6.45, 7) is -0.613. The van der Waals surface area contributed by atoms with Crippen LogP contribution >= 0.6 is 0 Å². The van der Waals surface area contributed by atoms with Crippen molar-refractivity contribution >= 4 is 17.6 Å². The number of methoxy groups -OCH3 is 1. The minimum Gasteiger partial charge on any atom is -0.368 e. The summed E-state index contributed by atoms with van der Waals surface area (Å²) in [5.74, 6) is -8.41. The van der Waals surface area contributed by atoms with Crippen molar-refractivity contribution in [1.82, 2.24) is 4.98 Å². The molecule has 10 heteroatoms. The Morgan fingerprint density at radius 3 is 2.54 bits per heavy atom. The number of fused-ring (bicyclic) bond motifs is 1. The molecule has 1 aromatic heterocycles. The number of halogens is 4. The fourth-order valence-corrected chi connectivity index (χ4v) is 3.88. The third-order valence-electron chi connectivity index (χ3n) is 5.07. The largest absolute Gasteiger partial charge is 0.368 e. The van der Waals surface area contributed by atoms with E-state index in [1.807, 2.05) is 0 Å². The summed E-state index contributed by atoms with van der Waals surface area (Å²) < 4.78 is 60.9. The van der Waals surface area contributed by atoms with Gasteiger partial charge < -0.3 is 10.5 Å². The maximum Gasteiger partial charge on any atom is 0.266 e. The predicted octanol–water partition coefficient (Wildman–Crippen LogP) is 1.86. The molecule has 6 nitrogen and oxygen atoms in total. The van der Waals surface area contributed by atoms with E-state index in [-0.39, 0.29) is 18.7 Å². The number of pyridine rings is 1. The van der Waals surface area contributed by atoms with Crippen LogP contribution in [0.3, 0.4) is 0 Å². The molecule has 1 atom stereocenters. The highest BCUT2D eigenvalue weighted by Gasteiger charge is 2.60. The van der Waals surface area contributed by atoms with Crippen molar-refractivity contribution < 1.29 is 31.9 Å². The molecule has 2 aliphatic rings. The van der Waals surface area contributed by atoms with Crippen LogP contribution in [-0.4, -0.2) is 36.4 Å². The number of carbonyl (C=O) groups excluding carboxylic acids is 2. The number of aromatic nitrogens is 1. The Hall–Kier alpha value is -2.23. The van der Waals surface area contributed by atoms with Crippen molar-refractivity contribution in [2.45, 2.75) is 37.2 Å². The lowest BCUT2D eigenvalue weighted by Gasteiger charge is -2.39. The average molecular weight is 375 g/mol. The maximum atomic E-state index is 14.6. The molecule has 142 valence electrons. The highest BCUT2D eigenvalue weighted by Crippen LogP contribution is 2.53. The van der Waals surface area contributed by atoms with E-state index in [0.717, 1.165) is 12.0 Å². The van der Waals surface area contributed by atoms with Crippen LogP contribution in [0.5, 0.6) is 0 Å². The SMILES string of the molecule is CO[C@]1(C2CCC(F)(F)CC2)C(=O)N(CC(N)=O)c2ncc(F)c(F)c21. The van der Waals surface area contributed by atoms with Crippen LogP contribution in [0.2, 0.25) is 0 Å². The van der Waals surface area contributed by atoms with E-state index in [9.17, 15) is 27.2 Å². The Balaban J connectivity index is 2.15. The fraction of sp³-hybridized carbons (Fsp3) is 0.562. The van der Waals surface area contributed by atoms with Crippen molar-refractivity contribution in [2.24, 2.45) is 11.7 Å². The van der Waals surface area contributed by atoms with Gasteiger partial charge >= 0.3 is 0 Å². The first-order valence-electron chi connectivity index (χ1n) is 8.01. The zero-order valence-electron chi connectivity index (χ0n) is 13.9. The van der Waals surface area contributed by atoms with Gasteiger partial charge in [0.25, 0.3) is 5.91 Å². The third-order valence-corrected chi connectivity index (χ3v) is 5.07. The molecule has 2 heterocycles. The summed E-state index contributed by atoms with van der Waals surface area (Å²) in [5.41, 5.74) is 2.64. The Morgan fingerprint density at radius 2 is 2.00 bits per heavy atom. The summed E-state index contributed by atoms with van der Waals surface area (Å²) in [6.07, 6.45) is -0.702. The van der Waals surface area contributed by atoms with Crippen LogP contribution in [0.4, 0.5) is 23.4 Å². The van der Waals surface area contributed by atoms with Crippen LogP contribution < -0.4 is 10.6 Å². The highest BCUT2D eigenvalue weighted by atomic mass is 19.3. The topological polar surface area (TPSA) is 85.5 Å². The average Bonchev–Trinajstić information content (AvgIpc) is 2.81. The van der Waals surface area contributed by atoms with Crippen LogP contribution in [0.25, 0.3) is 0 Å². The van der Waals surface area contributed by atoms with Crippen LogP contribution in [-0.2, 0) is 19.9 Å². The fourth-order valence-electron chi connectivity index (χ4n) is 3.88. The van der Waals surface area contributed by atoms with E-state index in [0.29, 0.717) is 6.20 Å². The molecule has 0 unspecified atom stereocenters. The lowest BCUT2D eigenvalue weighted by atomic mass is 9.73. The number of hydrogen-bond donors (Lipinski definition) is 1. The van der Waals surface area contributed by atoms with Crippen molar-refractivity contribution in [3.05, 3.63) is 23.4 Å². The number of nitrogens with zero attached hydrogens (tertiary/aromatic N) is 2. The van der Waals surface area contributed by atoms with Crippen LogP contribution in [0.1, 0.15) is 31.2 Å². The second-order valence-corrected chi connectivity index (χ2v) is 6.55. The Morgan fingerprint density at radius 1 is 1.38 bits per heavy atom. The Bertz CT molecular complexity index is 763. The smallest absolute Gasteiger partial charge is 0.266 e. The molecule has 0 aromatic carbocycles. The summed E-state index contributed by atoms with van der Waals surface area (Å²) in [5, 5.41) is 0. The number of amides is 2. The van der Waals surface area contributed by atoms with Crippen molar-refractivity contribution in [1.29, 1.82) is 0 Å². The first kappa shape index (κ1) is 18.6. The molecule has 2 amide bonds. The van der Waals surface area contributed by atoms with Gasteiger partial charge in [0, 0.05) is 25.9 Å². The minimum absolute atomic E-state index is 0.133. The van der Waals surface area contributed by atoms with Gasteiger partial charge in [-0.2, -0.15) is 0 Å². The number of carbonyl (C=O) groups is 2. The van der Waals surface area contributed by atoms with Crippen molar-refractivity contribution in [3.8, 4) is 0 Å². The van der Waals surface area contributed by atoms with Gasteiger partial charge in [-0.1, -0.05) is 0 Å². The second kappa shape index (κ2) is 6.19. The number of rotatable bonds is 4. The maximum absolute atomic E-state index is 14.6. The zero-order chi connectivity index (χ0) is 19.3. The first-order valence-corrected chi connectivity index (χ1v) is 8.01. The van der Waals surface area contributed by atoms with Gasteiger partial charge in [0.05, 0.1) is 11.8 Å². The molecule has 26 heavy (non-hydrogen) atoms. The molecule has 1 saturated carbocycles. The van der Waals surface area contributed by atoms with Gasteiger partial charge in [-0.15, -0.1) is 0 Å². The summed E-state index contributed by atoms with van der Waals surface area (Å²) in [6, 6.07) is 0. The molecule has 3 rings (SSSR count). The Labute approximate surface area is 146 Å². The molecule has 0 saturated heterocycles. The quantitative estimate of drug-likeness (QED) is 0.814. The van der Waals surface area contributed by atoms with E-state index in [2.05, 4.69) is 4.98 Å². The van der Waals surface area contributed by atoms with Gasteiger partial charge in [0.1, 0.15) is 12.4 Å². The molecule has 1 fully saturated rings. The van der Waals surface area contributed by atoms with Gasteiger partial charge in [-0.25, -0.2) is 22.5 Å². The van der Waals surface area contributed by atoms with Gasteiger partial charge in [0.2, 0.25) is 11.8 Å². The van der Waals surface area contributed by atoms with Crippen LogP contribution in [0.15, 0.2) is 6.20 Å². The number of primary amides is 1. The second-order valence-electron chi connectivity index (χ2n) is 6.55. The number of anilines is 1. The van der Waals surface area contributed by atoms with E-state index in [1.165, 1.54) is 0 Å². The zero-order valence-corrected chi connectivity index (χ0v) is 13.9. The normalized spacial score (nSPS) is 25.4. The van der Waals surface area contributed by atoms with Crippen molar-refractivity contribution in [3.63, 3.8) is 0 Å². The monoisotopic (exact) mass is 375 g/mol. The lowest BCUT2D eigenvalue weighted by molar-refractivity contribution is -0.156. The van der Waals surface area contributed by atoms with Crippen LogP contribution in [0, 0.1) is 17.6 Å². The number of hydrogen-bond acceptors (Lipinski definition) is 4. The summed E-state index contributed by atoms with van der Waals surface area (Å²) >= 11 is 0. The standard InChI is InChI=1S/C16H17F4N3O3/c1-26-16(8-2-4-15(19,20)5-3-8)11-12(18)9(17)6-22-13(11)23(14(16)25)7-10(21)24/h6,8H,2-5,7H2,1H3,(H2,21,24)/t16-/m0/s1. The minimum atomic E-state index is -2.89. The molecule has 2 N–H and O–H groups in total. The number of ether oxygens (including phenoxy) is 1. The predicted molar refractivity (Wildman–Crippen MR) is 81.3 cm³/mol. The van der Waals surface area contributed by atoms with Gasteiger partial charge in [-0.05, 0) is 12.8 Å². The molecule has 1 aromatic rings. The molecule has 0 radical (unpaired) electrons. The number of alkyl halides is 2. The molecule has 1 aliphatic carbocycles. The number of nitrogens with two attached hydrogens (primary N) is 1. The van der Waals surface area contributed by atoms with E-state index in [1.54, 1.807) is 0 Å². The highest BCUT2D eigenvalue weighted by molar-refractivity contribution is 6.09. The molecular formula is C16H17F4N3O3. The molecule has 0 bridgehead atoms. The molecular weight excluding hydrogens is 358 g/mol. The summed E-state index contributed by atoms with van der Waals surface area (Å²) in [7, 11) is 1.12. The molecule has 1 aliphatic heterocycles. The summed E-state index contributed by atoms with van der Waals surface area (Å²) in [4.78, 5) is 28.9. The molecule has 0 spiro atoms. The van der Waals surface area contributed by atoms with Crippen molar-refractivity contribution in [2.75, 3.05) is 18.6 Å².